The van der Waals surface area contributed by atoms with Crippen molar-refractivity contribution in [2.75, 3.05) is 25.2 Å². The molecule has 94 valence electrons. The van der Waals surface area contributed by atoms with Gasteiger partial charge in [0, 0.05) is 19.7 Å². The average molecular weight is 256 g/mol. The van der Waals surface area contributed by atoms with E-state index < -0.39 is 0 Å². The lowest BCUT2D eigenvalue weighted by Gasteiger charge is -2.24. The molecule has 1 heterocycles. The number of aromatic nitrogens is 2. The van der Waals surface area contributed by atoms with E-state index in [1.807, 2.05) is 13.8 Å². The fourth-order valence-corrected chi connectivity index (χ4v) is 2.06. The first-order chi connectivity index (χ1) is 8.13. The Morgan fingerprint density at radius 1 is 1.29 bits per heavy atom. The third kappa shape index (κ3) is 2.87. The molecule has 4 nitrogen and oxygen atoms in total. The number of anilines is 1. The molecule has 0 bridgehead atoms. The van der Waals surface area contributed by atoms with Crippen LogP contribution in [0, 0.1) is 13.8 Å². The molecule has 0 saturated heterocycles. The van der Waals surface area contributed by atoms with Crippen LogP contribution in [0.4, 0.5) is 5.82 Å². The lowest BCUT2D eigenvalue weighted by Crippen LogP contribution is -2.31. The Balaban J connectivity index is 2.25. The predicted molar refractivity (Wildman–Crippen MR) is 68.8 cm³/mol. The number of nitrogens with zero attached hydrogens (tertiary/aromatic N) is 3. The Labute approximate surface area is 107 Å². The third-order valence-electron chi connectivity index (χ3n) is 3.04. The lowest BCUT2D eigenvalue weighted by molar-refractivity contribution is 0.204. The van der Waals surface area contributed by atoms with Gasteiger partial charge in [0.1, 0.15) is 0 Å². The minimum absolute atomic E-state index is 0.496. The van der Waals surface area contributed by atoms with Crippen molar-refractivity contribution in [1.82, 2.24) is 9.97 Å². The summed E-state index contributed by atoms with van der Waals surface area (Å²) >= 11 is 6.19. The minimum Gasteiger partial charge on any atom is -0.383 e. The van der Waals surface area contributed by atoms with Crippen molar-refractivity contribution in [3.8, 4) is 0 Å². The molecule has 1 aromatic heterocycles. The van der Waals surface area contributed by atoms with Crippen molar-refractivity contribution in [3.63, 3.8) is 0 Å². The second kappa shape index (κ2) is 5.19. The van der Waals surface area contributed by atoms with E-state index in [9.17, 15) is 0 Å². The van der Waals surface area contributed by atoms with E-state index in [1.165, 1.54) is 12.8 Å². The molecule has 0 N–H and O–H groups in total. The van der Waals surface area contributed by atoms with Crippen LogP contribution in [0.1, 0.15) is 24.2 Å². The fraction of sp³-hybridized carbons (Fsp3) is 0.667. The molecule has 1 aromatic rings. The van der Waals surface area contributed by atoms with Crippen molar-refractivity contribution >= 4 is 17.4 Å². The number of aryl methyl sites for hydroxylation is 2. The van der Waals surface area contributed by atoms with Gasteiger partial charge in [-0.05, 0) is 26.7 Å². The van der Waals surface area contributed by atoms with Gasteiger partial charge in [-0.15, -0.1) is 0 Å². The van der Waals surface area contributed by atoms with Gasteiger partial charge in [-0.1, -0.05) is 11.6 Å². The maximum atomic E-state index is 6.19. The van der Waals surface area contributed by atoms with Crippen LogP contribution in [-0.4, -0.2) is 36.3 Å². The number of rotatable bonds is 5. The molecule has 1 aliphatic carbocycles. The van der Waals surface area contributed by atoms with E-state index in [2.05, 4.69) is 14.9 Å². The third-order valence-corrected chi connectivity index (χ3v) is 3.30. The van der Waals surface area contributed by atoms with Crippen LogP contribution in [0.15, 0.2) is 0 Å². The van der Waals surface area contributed by atoms with E-state index in [-0.39, 0.29) is 0 Å². The standard InChI is InChI=1S/C12H18ClN3O/c1-8-9(2)15-12(11(13)14-8)16(6-7-17-3)10-4-5-10/h10H,4-7H2,1-3H3. The smallest absolute Gasteiger partial charge is 0.171 e. The molecule has 1 fully saturated rings. The fourth-order valence-electron chi connectivity index (χ4n) is 1.78. The SMILES string of the molecule is COCCN(c1nc(C)c(C)nc1Cl)C1CC1. The molecule has 1 saturated carbocycles. The first kappa shape index (κ1) is 12.6. The Kier molecular flexibility index (Phi) is 3.84. The zero-order chi connectivity index (χ0) is 12.4. The van der Waals surface area contributed by atoms with E-state index in [0.29, 0.717) is 17.8 Å². The highest BCUT2D eigenvalue weighted by Gasteiger charge is 2.31. The van der Waals surface area contributed by atoms with Crippen LogP contribution in [0.5, 0.6) is 0 Å². The zero-order valence-corrected chi connectivity index (χ0v) is 11.3. The molecule has 0 spiro atoms. The van der Waals surface area contributed by atoms with Gasteiger partial charge in [0.15, 0.2) is 11.0 Å². The summed E-state index contributed by atoms with van der Waals surface area (Å²) in [5.41, 5.74) is 1.83. The van der Waals surface area contributed by atoms with Crippen LogP contribution < -0.4 is 4.90 Å². The zero-order valence-electron chi connectivity index (χ0n) is 10.5. The number of ether oxygens (including phenoxy) is 1. The largest absolute Gasteiger partial charge is 0.383 e. The number of hydrogen-bond donors (Lipinski definition) is 0. The van der Waals surface area contributed by atoms with Crippen molar-refractivity contribution in [1.29, 1.82) is 0 Å². The van der Waals surface area contributed by atoms with Gasteiger partial charge < -0.3 is 9.64 Å². The van der Waals surface area contributed by atoms with Gasteiger partial charge in [-0.25, -0.2) is 9.97 Å². The van der Waals surface area contributed by atoms with Gasteiger partial charge in [0.2, 0.25) is 0 Å². The Bertz CT molecular complexity index is 407. The van der Waals surface area contributed by atoms with Crippen molar-refractivity contribution in [3.05, 3.63) is 16.5 Å². The monoisotopic (exact) mass is 255 g/mol. The highest BCUT2D eigenvalue weighted by atomic mass is 35.5. The summed E-state index contributed by atoms with van der Waals surface area (Å²) in [4.78, 5) is 11.1. The first-order valence-electron chi connectivity index (χ1n) is 5.89. The summed E-state index contributed by atoms with van der Waals surface area (Å²) in [6, 6.07) is 0.555. The van der Waals surface area contributed by atoms with Crippen LogP contribution in [-0.2, 0) is 4.74 Å². The molecular weight excluding hydrogens is 238 g/mol. The van der Waals surface area contributed by atoms with Gasteiger partial charge in [-0.3, -0.25) is 0 Å². The van der Waals surface area contributed by atoms with Gasteiger partial charge in [0.25, 0.3) is 0 Å². The predicted octanol–water partition coefficient (Wildman–Crippen LogP) is 2.36. The molecule has 0 atom stereocenters. The number of hydrogen-bond acceptors (Lipinski definition) is 4. The Morgan fingerprint density at radius 2 is 1.94 bits per heavy atom. The van der Waals surface area contributed by atoms with Crippen LogP contribution in [0.25, 0.3) is 0 Å². The summed E-state index contributed by atoms with van der Waals surface area (Å²) in [6.07, 6.45) is 2.41. The van der Waals surface area contributed by atoms with Crippen LogP contribution >= 0.6 is 11.6 Å². The molecule has 0 aromatic carbocycles. The first-order valence-corrected chi connectivity index (χ1v) is 6.27. The second-order valence-corrected chi connectivity index (χ2v) is 4.78. The maximum absolute atomic E-state index is 6.19. The number of halogens is 1. The summed E-state index contributed by atoms with van der Waals surface area (Å²) < 4.78 is 5.13. The van der Waals surface area contributed by atoms with E-state index in [4.69, 9.17) is 16.3 Å². The summed E-state index contributed by atoms with van der Waals surface area (Å²) in [5, 5.41) is 0.496. The highest BCUT2D eigenvalue weighted by Crippen LogP contribution is 2.33. The second-order valence-electron chi connectivity index (χ2n) is 4.43. The molecule has 17 heavy (non-hydrogen) atoms. The van der Waals surface area contributed by atoms with Crippen LogP contribution in [0.3, 0.4) is 0 Å². The minimum atomic E-state index is 0.496. The van der Waals surface area contributed by atoms with E-state index >= 15 is 0 Å². The molecule has 0 amide bonds. The summed E-state index contributed by atoms with van der Waals surface area (Å²) in [6.45, 7) is 5.39. The molecule has 1 aliphatic rings. The van der Waals surface area contributed by atoms with Gasteiger partial charge in [-0.2, -0.15) is 0 Å². The molecule has 2 rings (SSSR count). The van der Waals surface area contributed by atoms with Gasteiger partial charge >= 0.3 is 0 Å². The molecular formula is C12H18ClN3O. The average Bonchev–Trinajstić information content (AvgIpc) is 3.10. The Hall–Kier alpha value is -0.870. The molecule has 0 aliphatic heterocycles. The van der Waals surface area contributed by atoms with Crippen LogP contribution in [0.2, 0.25) is 5.15 Å². The van der Waals surface area contributed by atoms with Crippen molar-refractivity contribution < 1.29 is 4.74 Å². The summed E-state index contributed by atoms with van der Waals surface area (Å²) in [5.74, 6) is 0.800. The Morgan fingerprint density at radius 3 is 2.53 bits per heavy atom. The van der Waals surface area contributed by atoms with Crippen molar-refractivity contribution in [2.24, 2.45) is 0 Å². The summed E-state index contributed by atoms with van der Waals surface area (Å²) in [7, 11) is 1.71. The van der Waals surface area contributed by atoms with E-state index in [1.54, 1.807) is 7.11 Å². The maximum Gasteiger partial charge on any atom is 0.171 e. The number of methoxy groups -OCH3 is 1. The van der Waals surface area contributed by atoms with Crippen molar-refractivity contribution in [2.45, 2.75) is 32.7 Å². The van der Waals surface area contributed by atoms with E-state index in [0.717, 1.165) is 23.8 Å². The molecule has 5 heteroatoms. The lowest BCUT2D eigenvalue weighted by atomic mass is 10.3. The van der Waals surface area contributed by atoms with Gasteiger partial charge in [0.05, 0.1) is 18.0 Å². The molecule has 0 unspecified atom stereocenters. The highest BCUT2D eigenvalue weighted by molar-refractivity contribution is 6.31. The quantitative estimate of drug-likeness (QED) is 0.810. The topological polar surface area (TPSA) is 38.2 Å². The normalized spacial score (nSPS) is 15.1. The molecule has 0 radical (unpaired) electrons.